The largest absolute Gasteiger partial charge is 0.395 e. The number of nitrogens with zero attached hydrogens (tertiary/aromatic N) is 1. The summed E-state index contributed by atoms with van der Waals surface area (Å²) in [5.41, 5.74) is 5.28. The Morgan fingerprint density at radius 2 is 1.34 bits per heavy atom. The molecular formula is C23H44N2O4. The van der Waals surface area contributed by atoms with E-state index < -0.39 is 11.8 Å². The van der Waals surface area contributed by atoms with Crippen LogP contribution < -0.4 is 5.73 Å². The molecule has 4 N–H and O–H groups in total. The van der Waals surface area contributed by atoms with Gasteiger partial charge in [-0.25, -0.2) is 0 Å². The number of nitrogens with two attached hydrogens (primary N) is 1. The van der Waals surface area contributed by atoms with Crippen molar-refractivity contribution in [3.63, 3.8) is 0 Å². The van der Waals surface area contributed by atoms with E-state index in [1.807, 2.05) is 6.08 Å². The molecule has 0 radical (unpaired) electrons. The van der Waals surface area contributed by atoms with Gasteiger partial charge >= 0.3 is 0 Å². The Hall–Kier alpha value is -1.40. The fourth-order valence-electron chi connectivity index (χ4n) is 3.45. The lowest BCUT2D eigenvalue weighted by atomic mass is 10.0. The van der Waals surface area contributed by atoms with E-state index in [2.05, 4.69) is 6.92 Å². The fraction of sp³-hybridized carbons (Fsp3) is 0.826. The van der Waals surface area contributed by atoms with E-state index in [1.165, 1.54) is 69.1 Å². The van der Waals surface area contributed by atoms with Crippen LogP contribution in [0.4, 0.5) is 0 Å². The Bertz CT molecular complexity index is 435. The fourth-order valence-corrected chi connectivity index (χ4v) is 3.45. The van der Waals surface area contributed by atoms with Crippen LogP contribution in [0.15, 0.2) is 12.2 Å². The lowest BCUT2D eigenvalue weighted by Gasteiger charge is -2.24. The quantitative estimate of drug-likeness (QED) is 0.210. The zero-order valence-corrected chi connectivity index (χ0v) is 18.5. The number of aliphatic hydroxyl groups is 2. The van der Waals surface area contributed by atoms with Gasteiger partial charge in [0.2, 0.25) is 11.8 Å². The molecule has 0 aromatic heterocycles. The summed E-state index contributed by atoms with van der Waals surface area (Å²) in [5, 5.41) is 18.2. The molecule has 0 rings (SSSR count). The maximum Gasteiger partial charge on any atom is 0.230 e. The molecule has 170 valence electrons. The van der Waals surface area contributed by atoms with Crippen LogP contribution in [0.3, 0.4) is 0 Å². The van der Waals surface area contributed by atoms with Crippen molar-refractivity contribution in [3.8, 4) is 0 Å². The van der Waals surface area contributed by atoms with Gasteiger partial charge in [-0.1, -0.05) is 83.3 Å². The molecule has 1 unspecified atom stereocenters. The Labute approximate surface area is 177 Å². The maximum atomic E-state index is 12.6. The SMILES string of the molecule is CCCCCCCCCCCCCC=CC(CC(N)=O)C(=O)N(CCO)CCO. The summed E-state index contributed by atoms with van der Waals surface area (Å²) in [6, 6.07) is 0. The molecule has 0 bridgehead atoms. The van der Waals surface area contributed by atoms with Crippen molar-refractivity contribution >= 4 is 11.8 Å². The lowest BCUT2D eigenvalue weighted by Crippen LogP contribution is -2.40. The second kappa shape index (κ2) is 19.9. The van der Waals surface area contributed by atoms with E-state index in [0.717, 1.165) is 12.8 Å². The van der Waals surface area contributed by atoms with Crippen LogP contribution in [-0.4, -0.2) is 53.2 Å². The molecule has 0 aliphatic heterocycles. The first-order valence-corrected chi connectivity index (χ1v) is 11.5. The van der Waals surface area contributed by atoms with Crippen molar-refractivity contribution in [3.05, 3.63) is 12.2 Å². The number of carbonyl (C=O) groups excluding carboxylic acids is 2. The van der Waals surface area contributed by atoms with Crippen molar-refractivity contribution in [2.45, 2.75) is 90.4 Å². The van der Waals surface area contributed by atoms with E-state index in [9.17, 15) is 9.59 Å². The van der Waals surface area contributed by atoms with Crippen molar-refractivity contribution < 1.29 is 19.8 Å². The molecule has 0 spiro atoms. The van der Waals surface area contributed by atoms with Crippen LogP contribution in [0.2, 0.25) is 0 Å². The minimum Gasteiger partial charge on any atom is -0.395 e. The molecule has 6 heteroatoms. The van der Waals surface area contributed by atoms with Crippen molar-refractivity contribution in [1.82, 2.24) is 4.90 Å². The predicted molar refractivity (Wildman–Crippen MR) is 118 cm³/mol. The van der Waals surface area contributed by atoms with Crippen LogP contribution in [0.25, 0.3) is 0 Å². The molecular weight excluding hydrogens is 368 g/mol. The predicted octanol–water partition coefficient (Wildman–Crippen LogP) is 3.55. The first kappa shape index (κ1) is 27.6. The highest BCUT2D eigenvalue weighted by molar-refractivity contribution is 5.86. The Morgan fingerprint density at radius 1 is 0.862 bits per heavy atom. The van der Waals surface area contributed by atoms with Gasteiger partial charge in [0.1, 0.15) is 0 Å². The molecule has 2 amide bonds. The molecule has 29 heavy (non-hydrogen) atoms. The minimum atomic E-state index is -0.627. The number of hydrogen-bond donors (Lipinski definition) is 3. The zero-order valence-electron chi connectivity index (χ0n) is 18.5. The van der Waals surface area contributed by atoms with Gasteiger partial charge < -0.3 is 20.8 Å². The van der Waals surface area contributed by atoms with Gasteiger partial charge in [0.15, 0.2) is 0 Å². The second-order valence-electron chi connectivity index (χ2n) is 7.80. The smallest absolute Gasteiger partial charge is 0.230 e. The highest BCUT2D eigenvalue weighted by atomic mass is 16.3. The Morgan fingerprint density at radius 3 is 1.79 bits per heavy atom. The second-order valence-corrected chi connectivity index (χ2v) is 7.80. The first-order chi connectivity index (χ1) is 14.1. The molecule has 0 fully saturated rings. The Balaban J connectivity index is 4.07. The van der Waals surface area contributed by atoms with Gasteiger partial charge in [0.05, 0.1) is 19.1 Å². The Kier molecular flexibility index (Phi) is 18.9. The van der Waals surface area contributed by atoms with Crippen LogP contribution in [0.5, 0.6) is 0 Å². The van der Waals surface area contributed by atoms with Gasteiger partial charge in [-0.05, 0) is 12.8 Å². The first-order valence-electron chi connectivity index (χ1n) is 11.5. The highest BCUT2D eigenvalue weighted by Gasteiger charge is 2.23. The van der Waals surface area contributed by atoms with Crippen molar-refractivity contribution in [2.24, 2.45) is 11.7 Å². The normalized spacial score (nSPS) is 12.4. The third-order valence-corrected chi connectivity index (χ3v) is 5.13. The molecule has 1 atom stereocenters. The van der Waals surface area contributed by atoms with Gasteiger partial charge in [-0.2, -0.15) is 0 Å². The van der Waals surface area contributed by atoms with Crippen molar-refractivity contribution in [1.29, 1.82) is 0 Å². The molecule has 0 aliphatic rings. The molecule has 0 aliphatic carbocycles. The summed E-state index contributed by atoms with van der Waals surface area (Å²) in [5.74, 6) is -1.43. The number of rotatable bonds is 20. The third-order valence-electron chi connectivity index (χ3n) is 5.13. The minimum absolute atomic E-state index is 0.0546. The number of primary amides is 1. The summed E-state index contributed by atoms with van der Waals surface area (Å²) in [6.07, 6.45) is 18.7. The van der Waals surface area contributed by atoms with Gasteiger partial charge in [0.25, 0.3) is 0 Å². The van der Waals surface area contributed by atoms with E-state index in [1.54, 1.807) is 6.08 Å². The lowest BCUT2D eigenvalue weighted by molar-refractivity contribution is -0.137. The monoisotopic (exact) mass is 412 g/mol. The summed E-state index contributed by atoms with van der Waals surface area (Å²) < 4.78 is 0. The summed E-state index contributed by atoms with van der Waals surface area (Å²) in [7, 11) is 0. The molecule has 0 saturated heterocycles. The number of unbranched alkanes of at least 4 members (excludes halogenated alkanes) is 11. The number of amides is 2. The average molecular weight is 413 g/mol. The summed E-state index contributed by atoms with van der Waals surface area (Å²) >= 11 is 0. The van der Waals surface area contributed by atoms with Gasteiger partial charge in [-0.3, -0.25) is 9.59 Å². The van der Waals surface area contributed by atoms with E-state index in [0.29, 0.717) is 0 Å². The van der Waals surface area contributed by atoms with E-state index >= 15 is 0 Å². The number of carbonyl (C=O) groups is 2. The van der Waals surface area contributed by atoms with Crippen LogP contribution in [0.1, 0.15) is 90.4 Å². The molecule has 6 nitrogen and oxygen atoms in total. The van der Waals surface area contributed by atoms with Crippen molar-refractivity contribution in [2.75, 3.05) is 26.3 Å². The average Bonchev–Trinajstić information content (AvgIpc) is 2.69. The topological polar surface area (TPSA) is 104 Å². The standard InChI is InChI=1S/C23H44N2O4/c1-2-3-4-5-6-7-8-9-10-11-12-13-14-15-21(20-22(24)28)23(29)25(16-18-26)17-19-27/h14-15,21,26-27H,2-13,16-20H2,1H3,(H2,24,28). The number of allylic oxidation sites excluding steroid dienone is 1. The molecule has 0 heterocycles. The molecule has 0 saturated carbocycles. The van der Waals surface area contributed by atoms with Crippen LogP contribution in [0, 0.1) is 5.92 Å². The zero-order chi connectivity index (χ0) is 21.7. The van der Waals surface area contributed by atoms with E-state index in [4.69, 9.17) is 15.9 Å². The number of aliphatic hydroxyl groups excluding tert-OH is 2. The van der Waals surface area contributed by atoms with E-state index in [-0.39, 0.29) is 38.6 Å². The third kappa shape index (κ3) is 16.1. The molecule has 0 aromatic rings. The van der Waals surface area contributed by atoms with Gasteiger partial charge in [0, 0.05) is 19.5 Å². The maximum absolute atomic E-state index is 12.6. The summed E-state index contributed by atoms with van der Waals surface area (Å²) in [4.78, 5) is 25.2. The summed E-state index contributed by atoms with van der Waals surface area (Å²) in [6.45, 7) is 2.16. The highest BCUT2D eigenvalue weighted by Crippen LogP contribution is 2.14. The number of hydrogen-bond acceptors (Lipinski definition) is 4. The van der Waals surface area contributed by atoms with Crippen LogP contribution >= 0.6 is 0 Å². The molecule has 0 aromatic carbocycles. The van der Waals surface area contributed by atoms with Gasteiger partial charge in [-0.15, -0.1) is 0 Å². The van der Waals surface area contributed by atoms with Crippen LogP contribution in [-0.2, 0) is 9.59 Å².